The van der Waals surface area contributed by atoms with Crippen LogP contribution in [0.15, 0.2) is 64.5 Å². The van der Waals surface area contributed by atoms with E-state index in [1.165, 1.54) is 18.4 Å². The summed E-state index contributed by atoms with van der Waals surface area (Å²) >= 11 is 4.70. The number of anilines is 1. The molecule has 0 bridgehead atoms. The lowest BCUT2D eigenvalue weighted by Crippen LogP contribution is -2.11. The van der Waals surface area contributed by atoms with Gasteiger partial charge >= 0.3 is 5.97 Å². The Labute approximate surface area is 162 Å². The zero-order valence-electron chi connectivity index (χ0n) is 13.7. The van der Waals surface area contributed by atoms with Gasteiger partial charge < -0.3 is 14.8 Å². The summed E-state index contributed by atoms with van der Waals surface area (Å²) in [5.41, 5.74) is 0.977. The third-order valence-corrected chi connectivity index (χ3v) is 5.02. The zero-order valence-corrected chi connectivity index (χ0v) is 16.1. The van der Waals surface area contributed by atoms with Gasteiger partial charge in [0, 0.05) is 10.2 Å². The average Bonchev–Trinajstić information content (AvgIpc) is 3.18. The Kier molecular flexibility index (Phi) is 5.70. The molecule has 0 saturated heterocycles. The fourth-order valence-corrected chi connectivity index (χ4v) is 3.18. The lowest BCUT2D eigenvalue weighted by molar-refractivity contribution is 0.0733. The van der Waals surface area contributed by atoms with Crippen molar-refractivity contribution in [3.63, 3.8) is 0 Å². The number of rotatable bonds is 5. The second-order valence-electron chi connectivity index (χ2n) is 5.19. The summed E-state index contributed by atoms with van der Waals surface area (Å²) in [7, 11) is 1.53. The molecular weight excluding hydrogens is 418 g/mol. The Balaban J connectivity index is 1.67. The van der Waals surface area contributed by atoms with Gasteiger partial charge in [0.15, 0.2) is 0 Å². The van der Waals surface area contributed by atoms with Gasteiger partial charge in [0.05, 0.1) is 17.6 Å². The minimum Gasteiger partial charge on any atom is -0.497 e. The van der Waals surface area contributed by atoms with Gasteiger partial charge in [-0.05, 0) is 69.8 Å². The molecule has 0 aliphatic heterocycles. The standard InChI is InChI=1S/C19H14BrNO4S/c1-24-14-8-9-16(20)15(11-14)19(23)25-13-6-4-12(5-7-13)21-18(22)17-3-2-10-26-17/h2-11H,1H3,(H,21,22). The summed E-state index contributed by atoms with van der Waals surface area (Å²) in [5.74, 6) is 0.252. The molecule has 0 aliphatic carbocycles. The molecular formula is C19H14BrNO4S. The summed E-state index contributed by atoms with van der Waals surface area (Å²) in [4.78, 5) is 25.0. The molecule has 2 aromatic carbocycles. The van der Waals surface area contributed by atoms with E-state index in [1.54, 1.807) is 48.5 Å². The minimum absolute atomic E-state index is 0.176. The predicted octanol–water partition coefficient (Wildman–Crippen LogP) is 4.99. The number of amides is 1. The van der Waals surface area contributed by atoms with Crippen LogP contribution in [0, 0.1) is 0 Å². The Morgan fingerprint density at radius 2 is 1.77 bits per heavy atom. The van der Waals surface area contributed by atoms with Crippen molar-refractivity contribution in [3.05, 3.63) is 74.9 Å². The number of esters is 1. The summed E-state index contributed by atoms with van der Waals surface area (Å²) in [6.07, 6.45) is 0. The second-order valence-corrected chi connectivity index (χ2v) is 6.99. The van der Waals surface area contributed by atoms with Crippen molar-refractivity contribution < 1.29 is 19.1 Å². The lowest BCUT2D eigenvalue weighted by Gasteiger charge is -2.09. The summed E-state index contributed by atoms with van der Waals surface area (Å²) < 4.78 is 11.1. The summed E-state index contributed by atoms with van der Waals surface area (Å²) in [5, 5.41) is 4.63. The highest BCUT2D eigenvalue weighted by molar-refractivity contribution is 9.10. The van der Waals surface area contributed by atoms with Crippen molar-refractivity contribution in [1.82, 2.24) is 0 Å². The van der Waals surface area contributed by atoms with Crippen LogP contribution in [0.5, 0.6) is 11.5 Å². The number of halogens is 1. The largest absolute Gasteiger partial charge is 0.497 e. The van der Waals surface area contributed by atoms with Gasteiger partial charge in [0.25, 0.3) is 5.91 Å². The summed E-state index contributed by atoms with van der Waals surface area (Å²) in [6.45, 7) is 0. The number of ether oxygens (including phenoxy) is 2. The molecule has 0 unspecified atom stereocenters. The highest BCUT2D eigenvalue weighted by atomic mass is 79.9. The van der Waals surface area contributed by atoms with E-state index in [1.807, 2.05) is 11.4 Å². The first-order valence-corrected chi connectivity index (χ1v) is 9.25. The molecule has 3 rings (SSSR count). The van der Waals surface area contributed by atoms with Crippen molar-refractivity contribution >= 4 is 44.8 Å². The van der Waals surface area contributed by atoms with Crippen molar-refractivity contribution in [2.75, 3.05) is 12.4 Å². The Bertz CT molecular complexity index is 923. The number of nitrogens with one attached hydrogen (secondary N) is 1. The number of carbonyl (C=O) groups excluding carboxylic acids is 2. The van der Waals surface area contributed by atoms with Crippen LogP contribution >= 0.6 is 27.3 Å². The van der Waals surface area contributed by atoms with E-state index < -0.39 is 5.97 Å². The number of thiophene rings is 1. The van der Waals surface area contributed by atoms with Crippen LogP contribution in [-0.2, 0) is 0 Å². The number of methoxy groups -OCH3 is 1. The van der Waals surface area contributed by atoms with Crippen LogP contribution in [0.2, 0.25) is 0 Å². The number of hydrogen-bond acceptors (Lipinski definition) is 5. The highest BCUT2D eigenvalue weighted by Gasteiger charge is 2.14. The minimum atomic E-state index is -0.508. The van der Waals surface area contributed by atoms with Crippen molar-refractivity contribution in [3.8, 4) is 11.5 Å². The van der Waals surface area contributed by atoms with E-state index in [2.05, 4.69) is 21.2 Å². The zero-order chi connectivity index (χ0) is 18.5. The van der Waals surface area contributed by atoms with Crippen molar-refractivity contribution in [2.45, 2.75) is 0 Å². The first-order valence-electron chi connectivity index (χ1n) is 7.57. The molecule has 132 valence electrons. The first kappa shape index (κ1) is 18.2. The van der Waals surface area contributed by atoms with Crippen LogP contribution in [0.25, 0.3) is 0 Å². The van der Waals surface area contributed by atoms with Gasteiger partial charge in [-0.2, -0.15) is 0 Å². The number of hydrogen-bond donors (Lipinski definition) is 1. The van der Waals surface area contributed by atoms with Gasteiger partial charge in [-0.25, -0.2) is 4.79 Å². The van der Waals surface area contributed by atoms with Gasteiger partial charge in [-0.15, -0.1) is 11.3 Å². The van der Waals surface area contributed by atoms with Crippen LogP contribution in [-0.4, -0.2) is 19.0 Å². The van der Waals surface area contributed by atoms with Gasteiger partial charge in [0.1, 0.15) is 11.5 Å². The maximum atomic E-state index is 12.3. The molecule has 0 atom stereocenters. The molecule has 26 heavy (non-hydrogen) atoms. The molecule has 5 nitrogen and oxygen atoms in total. The van der Waals surface area contributed by atoms with E-state index in [9.17, 15) is 9.59 Å². The third kappa shape index (κ3) is 4.30. The Hall–Kier alpha value is -2.64. The molecule has 1 amide bonds. The van der Waals surface area contributed by atoms with E-state index in [0.717, 1.165) is 0 Å². The maximum Gasteiger partial charge on any atom is 0.344 e. The molecule has 1 N–H and O–H groups in total. The van der Waals surface area contributed by atoms with Crippen LogP contribution < -0.4 is 14.8 Å². The van der Waals surface area contributed by atoms with Crippen molar-refractivity contribution in [2.24, 2.45) is 0 Å². The molecule has 1 heterocycles. The quantitative estimate of drug-likeness (QED) is 0.456. The van der Waals surface area contributed by atoms with Gasteiger partial charge in [-0.1, -0.05) is 6.07 Å². The SMILES string of the molecule is COc1ccc(Br)c(C(=O)Oc2ccc(NC(=O)c3cccs3)cc2)c1. The Morgan fingerprint density at radius 1 is 1.04 bits per heavy atom. The molecule has 0 saturated carbocycles. The Morgan fingerprint density at radius 3 is 2.42 bits per heavy atom. The van der Waals surface area contributed by atoms with E-state index in [-0.39, 0.29) is 5.91 Å². The highest BCUT2D eigenvalue weighted by Crippen LogP contribution is 2.25. The van der Waals surface area contributed by atoms with Crippen LogP contribution in [0.3, 0.4) is 0 Å². The topological polar surface area (TPSA) is 64.6 Å². The van der Waals surface area contributed by atoms with Gasteiger partial charge in [0.2, 0.25) is 0 Å². The molecule has 7 heteroatoms. The average molecular weight is 432 g/mol. The van der Waals surface area contributed by atoms with Gasteiger partial charge in [-0.3, -0.25) is 4.79 Å². The van der Waals surface area contributed by atoms with Crippen molar-refractivity contribution in [1.29, 1.82) is 0 Å². The molecule has 3 aromatic rings. The normalized spacial score (nSPS) is 10.2. The van der Waals surface area contributed by atoms with Crippen LogP contribution in [0.1, 0.15) is 20.0 Å². The summed E-state index contributed by atoms with van der Waals surface area (Å²) in [6, 6.07) is 15.2. The number of carbonyl (C=O) groups is 2. The molecule has 0 radical (unpaired) electrons. The molecule has 1 aromatic heterocycles. The fourth-order valence-electron chi connectivity index (χ4n) is 2.16. The molecule has 0 fully saturated rings. The maximum absolute atomic E-state index is 12.3. The third-order valence-electron chi connectivity index (χ3n) is 3.46. The van der Waals surface area contributed by atoms with E-state index >= 15 is 0 Å². The van der Waals surface area contributed by atoms with Crippen LogP contribution in [0.4, 0.5) is 5.69 Å². The van der Waals surface area contributed by atoms with E-state index in [4.69, 9.17) is 9.47 Å². The van der Waals surface area contributed by atoms with E-state index in [0.29, 0.717) is 32.1 Å². The second kappa shape index (κ2) is 8.16. The first-order chi connectivity index (χ1) is 12.6. The number of benzene rings is 2. The molecule has 0 spiro atoms. The molecule has 0 aliphatic rings. The fraction of sp³-hybridized carbons (Fsp3) is 0.0526. The predicted molar refractivity (Wildman–Crippen MR) is 104 cm³/mol. The monoisotopic (exact) mass is 431 g/mol. The smallest absolute Gasteiger partial charge is 0.344 e. The lowest BCUT2D eigenvalue weighted by atomic mass is 10.2.